The van der Waals surface area contributed by atoms with E-state index in [9.17, 15) is 4.79 Å². The molecule has 17 heavy (non-hydrogen) atoms. The summed E-state index contributed by atoms with van der Waals surface area (Å²) in [4.78, 5) is 14.5. The third kappa shape index (κ3) is 3.30. The summed E-state index contributed by atoms with van der Waals surface area (Å²) in [7, 11) is 0. The van der Waals surface area contributed by atoms with E-state index < -0.39 is 0 Å². The predicted molar refractivity (Wildman–Crippen MR) is 75.7 cm³/mol. The van der Waals surface area contributed by atoms with Gasteiger partial charge in [-0.2, -0.15) is 0 Å². The first-order valence-electron chi connectivity index (χ1n) is 5.74. The molecule has 0 saturated carbocycles. The number of hydrogen-bond acceptors (Lipinski definition) is 3. The van der Waals surface area contributed by atoms with Gasteiger partial charge in [0.25, 0.3) is 0 Å². The van der Waals surface area contributed by atoms with Crippen molar-refractivity contribution in [3.63, 3.8) is 0 Å². The normalized spacial score (nSPS) is 15.0. The zero-order valence-corrected chi connectivity index (χ0v) is 11.4. The molecule has 0 N–H and O–H groups in total. The van der Waals surface area contributed by atoms with Gasteiger partial charge in [-0.05, 0) is 31.9 Å². The Hall–Kier alpha value is -0.870. The van der Waals surface area contributed by atoms with Gasteiger partial charge in [-0.3, -0.25) is 4.79 Å². The van der Waals surface area contributed by atoms with Crippen molar-refractivity contribution in [3.8, 4) is 0 Å². The number of carbonyl (C=O) groups is 1. The molecule has 0 atom stereocenters. The maximum Gasteiger partial charge on any atom is 0.159 e. The van der Waals surface area contributed by atoms with Crippen molar-refractivity contribution in [1.29, 1.82) is 0 Å². The molecule has 0 spiro atoms. The van der Waals surface area contributed by atoms with Crippen LogP contribution < -0.4 is 0 Å². The van der Waals surface area contributed by atoms with Crippen LogP contribution in [0.5, 0.6) is 0 Å². The molecular formula is C13H15NOS2. The zero-order valence-electron chi connectivity index (χ0n) is 9.81. The lowest BCUT2D eigenvalue weighted by molar-refractivity contribution is 0.101. The lowest BCUT2D eigenvalue weighted by Crippen LogP contribution is -2.22. The van der Waals surface area contributed by atoms with E-state index in [-0.39, 0.29) is 5.78 Å². The second-order valence-electron chi connectivity index (χ2n) is 4.14. The second-order valence-corrected chi connectivity index (χ2v) is 5.85. The van der Waals surface area contributed by atoms with Crippen molar-refractivity contribution in [2.75, 3.05) is 13.1 Å². The van der Waals surface area contributed by atoms with Gasteiger partial charge < -0.3 is 4.90 Å². The van der Waals surface area contributed by atoms with Crippen molar-refractivity contribution in [3.05, 3.63) is 29.8 Å². The van der Waals surface area contributed by atoms with E-state index in [4.69, 9.17) is 12.2 Å². The maximum absolute atomic E-state index is 11.1. The summed E-state index contributed by atoms with van der Waals surface area (Å²) in [5, 5.41) is 0. The van der Waals surface area contributed by atoms with Crippen LogP contribution in [0.4, 0.5) is 0 Å². The van der Waals surface area contributed by atoms with Gasteiger partial charge in [0.1, 0.15) is 4.32 Å². The molecule has 2 nitrogen and oxygen atoms in total. The topological polar surface area (TPSA) is 20.3 Å². The van der Waals surface area contributed by atoms with E-state index >= 15 is 0 Å². The van der Waals surface area contributed by atoms with Gasteiger partial charge in [0.05, 0.1) is 0 Å². The lowest BCUT2D eigenvalue weighted by atomic mass is 10.2. The Morgan fingerprint density at radius 2 is 1.82 bits per heavy atom. The molecule has 1 heterocycles. The number of rotatable bonds is 2. The van der Waals surface area contributed by atoms with Crippen LogP contribution in [0, 0.1) is 0 Å². The summed E-state index contributed by atoms with van der Waals surface area (Å²) >= 11 is 7.01. The van der Waals surface area contributed by atoms with Crippen LogP contribution in [0.15, 0.2) is 29.2 Å². The fourth-order valence-electron chi connectivity index (χ4n) is 1.82. The summed E-state index contributed by atoms with van der Waals surface area (Å²) in [6, 6.07) is 7.64. The first kappa shape index (κ1) is 12.6. The third-order valence-electron chi connectivity index (χ3n) is 2.83. The zero-order chi connectivity index (χ0) is 12.3. The van der Waals surface area contributed by atoms with Crippen molar-refractivity contribution < 1.29 is 4.79 Å². The molecule has 90 valence electrons. The minimum Gasteiger partial charge on any atom is -0.357 e. The Kier molecular flexibility index (Phi) is 4.18. The highest BCUT2D eigenvalue weighted by atomic mass is 32.2. The number of nitrogens with zero attached hydrogens (tertiary/aromatic N) is 1. The van der Waals surface area contributed by atoms with E-state index in [1.165, 1.54) is 12.8 Å². The third-order valence-corrected chi connectivity index (χ3v) is 4.28. The average molecular weight is 265 g/mol. The molecule has 2 rings (SSSR count). The number of Topliss-reactive ketones (excluding diaryl/α,β-unsaturated/α-hetero) is 1. The van der Waals surface area contributed by atoms with Crippen LogP contribution in [0.1, 0.15) is 30.1 Å². The standard InChI is InChI=1S/C13H15NOS2/c1-10(15)11-4-6-12(7-5-11)17-13(16)14-8-2-3-9-14/h4-7H,2-3,8-9H2,1H3. The molecule has 1 saturated heterocycles. The molecule has 0 radical (unpaired) electrons. The van der Waals surface area contributed by atoms with Crippen molar-refractivity contribution in [2.24, 2.45) is 0 Å². The molecule has 0 unspecified atom stereocenters. The lowest BCUT2D eigenvalue weighted by Gasteiger charge is -2.17. The highest BCUT2D eigenvalue weighted by Crippen LogP contribution is 2.24. The molecule has 1 aromatic rings. The molecule has 0 aliphatic carbocycles. The molecule has 0 bridgehead atoms. The Labute approximate surface area is 111 Å². The Morgan fingerprint density at radius 3 is 2.35 bits per heavy atom. The predicted octanol–water partition coefficient (Wildman–Crippen LogP) is 3.36. The number of likely N-dealkylation sites (tertiary alicyclic amines) is 1. The van der Waals surface area contributed by atoms with Crippen LogP contribution in [-0.2, 0) is 0 Å². The molecule has 1 fully saturated rings. The minimum absolute atomic E-state index is 0.101. The largest absolute Gasteiger partial charge is 0.357 e. The van der Waals surface area contributed by atoms with Crippen LogP contribution in [0.2, 0.25) is 0 Å². The van der Waals surface area contributed by atoms with E-state index in [0.29, 0.717) is 0 Å². The number of thioether (sulfide) groups is 1. The number of carbonyl (C=O) groups excluding carboxylic acids is 1. The second kappa shape index (κ2) is 5.65. The molecule has 1 aromatic carbocycles. The van der Waals surface area contributed by atoms with Crippen LogP contribution in [0.25, 0.3) is 0 Å². The van der Waals surface area contributed by atoms with Crippen molar-refractivity contribution in [2.45, 2.75) is 24.7 Å². The highest BCUT2D eigenvalue weighted by Gasteiger charge is 2.15. The summed E-state index contributed by atoms with van der Waals surface area (Å²) in [5.74, 6) is 0.101. The van der Waals surface area contributed by atoms with Gasteiger partial charge in [0.15, 0.2) is 5.78 Å². The number of hydrogen-bond donors (Lipinski definition) is 0. The van der Waals surface area contributed by atoms with Gasteiger partial charge in [0, 0.05) is 23.5 Å². The molecule has 0 aromatic heterocycles. The summed E-state index contributed by atoms with van der Waals surface area (Å²) in [6.07, 6.45) is 2.48. The van der Waals surface area contributed by atoms with Crippen LogP contribution >= 0.6 is 24.0 Å². The number of benzene rings is 1. The van der Waals surface area contributed by atoms with Crippen LogP contribution in [0.3, 0.4) is 0 Å². The smallest absolute Gasteiger partial charge is 0.159 e. The summed E-state index contributed by atoms with van der Waals surface area (Å²) in [6.45, 7) is 3.74. The first-order valence-corrected chi connectivity index (χ1v) is 6.97. The monoisotopic (exact) mass is 265 g/mol. The van der Waals surface area contributed by atoms with Gasteiger partial charge in [-0.1, -0.05) is 36.1 Å². The van der Waals surface area contributed by atoms with E-state index in [1.807, 2.05) is 24.3 Å². The average Bonchev–Trinajstić information content (AvgIpc) is 2.83. The first-order chi connectivity index (χ1) is 8.16. The van der Waals surface area contributed by atoms with Crippen LogP contribution in [-0.4, -0.2) is 28.1 Å². The fourth-order valence-corrected chi connectivity index (χ4v) is 3.08. The van der Waals surface area contributed by atoms with Crippen molar-refractivity contribution >= 4 is 34.1 Å². The molecule has 1 aliphatic heterocycles. The van der Waals surface area contributed by atoms with Gasteiger partial charge in [0.2, 0.25) is 0 Å². The van der Waals surface area contributed by atoms with Gasteiger partial charge in [-0.15, -0.1) is 0 Å². The summed E-state index contributed by atoms with van der Waals surface area (Å²) in [5.41, 5.74) is 0.751. The minimum atomic E-state index is 0.101. The van der Waals surface area contributed by atoms with Gasteiger partial charge in [-0.25, -0.2) is 0 Å². The Morgan fingerprint density at radius 1 is 1.24 bits per heavy atom. The highest BCUT2D eigenvalue weighted by molar-refractivity contribution is 8.22. The molecule has 1 aliphatic rings. The van der Waals surface area contributed by atoms with Gasteiger partial charge >= 0.3 is 0 Å². The van der Waals surface area contributed by atoms with Crippen molar-refractivity contribution in [1.82, 2.24) is 4.90 Å². The number of thiocarbonyl (C=S) groups is 1. The van der Waals surface area contributed by atoms with E-state index in [0.717, 1.165) is 27.9 Å². The fraction of sp³-hybridized carbons (Fsp3) is 0.385. The summed E-state index contributed by atoms with van der Waals surface area (Å²) < 4.78 is 0.943. The van der Waals surface area contributed by atoms with E-state index in [1.54, 1.807) is 18.7 Å². The SMILES string of the molecule is CC(=O)c1ccc(SC(=S)N2CCCC2)cc1. The Bertz CT molecular complexity index is 422. The Balaban J connectivity index is 1.98. The van der Waals surface area contributed by atoms with E-state index in [2.05, 4.69) is 4.90 Å². The molecule has 0 amide bonds. The molecule has 4 heteroatoms. The quantitative estimate of drug-likeness (QED) is 0.464. The maximum atomic E-state index is 11.1. The number of ketones is 1. The molecular weight excluding hydrogens is 250 g/mol.